The van der Waals surface area contributed by atoms with Crippen LogP contribution in [0.5, 0.6) is 0 Å². The highest BCUT2D eigenvalue weighted by Gasteiger charge is 2.28. The number of carboxylic acids is 1. The molecular weight excluding hydrogens is 484 g/mol. The Kier molecular flexibility index (Phi) is 7.55. The third kappa shape index (κ3) is 5.63. The molecule has 0 saturated carbocycles. The zero-order valence-corrected chi connectivity index (χ0v) is 20.9. The average molecular weight is 515 g/mol. The lowest BCUT2D eigenvalue weighted by molar-refractivity contribution is -0.143. The Hall–Kier alpha value is -4.37. The molecule has 2 bridgehead atoms. The minimum atomic E-state index is -1.13. The first-order valence-electron chi connectivity index (χ1n) is 12.7. The van der Waals surface area contributed by atoms with Crippen LogP contribution in [0.15, 0.2) is 79.3 Å². The second kappa shape index (κ2) is 11.4. The predicted octanol–water partition coefficient (Wildman–Crippen LogP) is 3.00. The topological polar surface area (TPSA) is 115 Å². The van der Waals surface area contributed by atoms with Gasteiger partial charge < -0.3 is 29.6 Å². The summed E-state index contributed by atoms with van der Waals surface area (Å²) >= 11 is 0. The van der Waals surface area contributed by atoms with Gasteiger partial charge in [0.25, 0.3) is 0 Å². The van der Waals surface area contributed by atoms with Crippen molar-refractivity contribution < 1.29 is 24.2 Å². The summed E-state index contributed by atoms with van der Waals surface area (Å²) < 4.78 is 9.28. The van der Waals surface area contributed by atoms with E-state index in [0.717, 1.165) is 27.6 Å². The summed E-state index contributed by atoms with van der Waals surface area (Å²) in [4.78, 5) is 38.3. The molecular formula is C29H30N4O5. The van der Waals surface area contributed by atoms with E-state index in [2.05, 4.69) is 15.2 Å². The van der Waals surface area contributed by atoms with Crippen LogP contribution in [0.3, 0.4) is 0 Å². The lowest BCUT2D eigenvalue weighted by Gasteiger charge is -2.21. The highest BCUT2D eigenvalue weighted by atomic mass is 16.5. The molecule has 196 valence electrons. The Morgan fingerprint density at radius 1 is 1.03 bits per heavy atom. The lowest BCUT2D eigenvalue weighted by atomic mass is 10.0. The largest absolute Gasteiger partial charge is 0.480 e. The number of nitrogens with zero attached hydrogens (tertiary/aromatic N) is 2. The molecule has 38 heavy (non-hydrogen) atoms. The van der Waals surface area contributed by atoms with Crippen molar-refractivity contribution in [3.63, 3.8) is 0 Å². The van der Waals surface area contributed by atoms with Crippen LogP contribution >= 0.6 is 0 Å². The van der Waals surface area contributed by atoms with Crippen molar-refractivity contribution in [3.8, 4) is 11.1 Å². The van der Waals surface area contributed by atoms with Crippen molar-refractivity contribution in [2.45, 2.75) is 31.5 Å². The fourth-order valence-electron chi connectivity index (χ4n) is 4.89. The van der Waals surface area contributed by atoms with Crippen LogP contribution in [-0.2, 0) is 32.1 Å². The molecule has 0 saturated heterocycles. The van der Waals surface area contributed by atoms with Crippen molar-refractivity contribution in [1.29, 1.82) is 0 Å². The highest BCUT2D eigenvalue weighted by Crippen LogP contribution is 2.24. The van der Waals surface area contributed by atoms with Gasteiger partial charge in [0.2, 0.25) is 11.8 Å². The lowest BCUT2D eigenvalue weighted by Crippen LogP contribution is -2.49. The molecule has 1 aliphatic rings. The van der Waals surface area contributed by atoms with Crippen LogP contribution in [0.4, 0.5) is 0 Å². The van der Waals surface area contributed by atoms with Gasteiger partial charge in [0.05, 0.1) is 19.6 Å². The molecule has 4 aromatic rings. The Balaban J connectivity index is 1.35. The van der Waals surface area contributed by atoms with Gasteiger partial charge in [-0.2, -0.15) is 0 Å². The van der Waals surface area contributed by atoms with Gasteiger partial charge in [0.1, 0.15) is 12.1 Å². The molecule has 2 aromatic heterocycles. The first kappa shape index (κ1) is 25.3. The van der Waals surface area contributed by atoms with Crippen LogP contribution in [0.25, 0.3) is 22.0 Å². The van der Waals surface area contributed by atoms with E-state index < -0.39 is 24.0 Å². The predicted molar refractivity (Wildman–Crippen MR) is 143 cm³/mol. The summed E-state index contributed by atoms with van der Waals surface area (Å²) in [6.45, 7) is 1.88. The summed E-state index contributed by atoms with van der Waals surface area (Å²) in [6, 6.07) is 17.4. The number of carbonyl (C=O) groups is 3. The molecule has 2 aromatic carbocycles. The number of ether oxygens (including phenoxy) is 1. The van der Waals surface area contributed by atoms with Gasteiger partial charge in [-0.3, -0.25) is 9.59 Å². The number of nitrogens with one attached hydrogen (secondary N) is 2. The zero-order chi connectivity index (χ0) is 26.5. The fourth-order valence-corrected chi connectivity index (χ4v) is 4.89. The van der Waals surface area contributed by atoms with Crippen LogP contribution in [0.2, 0.25) is 0 Å². The van der Waals surface area contributed by atoms with Gasteiger partial charge in [-0.1, -0.05) is 48.5 Å². The van der Waals surface area contributed by atoms with Crippen LogP contribution < -0.4 is 10.6 Å². The number of para-hydroxylation sites is 1. The monoisotopic (exact) mass is 514 g/mol. The zero-order valence-electron chi connectivity index (χ0n) is 20.9. The van der Waals surface area contributed by atoms with E-state index in [1.807, 2.05) is 66.9 Å². The van der Waals surface area contributed by atoms with Crippen molar-refractivity contribution in [1.82, 2.24) is 19.8 Å². The molecule has 9 nitrogen and oxygen atoms in total. The molecule has 2 atom stereocenters. The van der Waals surface area contributed by atoms with E-state index >= 15 is 0 Å². The van der Waals surface area contributed by atoms with Gasteiger partial charge in [0.15, 0.2) is 0 Å². The van der Waals surface area contributed by atoms with Gasteiger partial charge in [-0.25, -0.2) is 4.79 Å². The number of benzene rings is 2. The number of amides is 2. The second-order valence-corrected chi connectivity index (χ2v) is 9.36. The van der Waals surface area contributed by atoms with Crippen LogP contribution in [0.1, 0.15) is 18.0 Å². The van der Waals surface area contributed by atoms with Crippen molar-refractivity contribution >= 4 is 28.7 Å². The number of aliphatic carboxylic acids is 1. The number of hydrogen-bond acceptors (Lipinski definition) is 4. The van der Waals surface area contributed by atoms with E-state index in [4.69, 9.17) is 4.74 Å². The Bertz CT molecular complexity index is 1440. The normalized spacial score (nSPS) is 17.2. The highest BCUT2D eigenvalue weighted by molar-refractivity contribution is 5.91. The number of fused-ring (bicyclic) bond motifs is 5. The number of carbonyl (C=O) groups excluding carboxylic acids is 2. The maximum Gasteiger partial charge on any atom is 0.327 e. The molecule has 1 aliphatic heterocycles. The first-order valence-corrected chi connectivity index (χ1v) is 12.7. The molecule has 0 aliphatic carbocycles. The van der Waals surface area contributed by atoms with E-state index in [1.54, 1.807) is 12.4 Å². The molecule has 2 amide bonds. The van der Waals surface area contributed by atoms with E-state index in [0.29, 0.717) is 26.3 Å². The molecule has 9 heteroatoms. The first-order chi connectivity index (χ1) is 18.5. The maximum atomic E-state index is 13.1. The quantitative estimate of drug-likeness (QED) is 0.366. The molecule has 3 N–H and O–H groups in total. The van der Waals surface area contributed by atoms with Crippen molar-refractivity contribution in [2.75, 3.05) is 19.8 Å². The Morgan fingerprint density at radius 2 is 1.82 bits per heavy atom. The standard InChI is InChI=1S/C29H30N4O5/c34-27(17-26(29(36)37)32-12-10-21(18-32)20-6-2-1-3-7-20)31-24-16-22-19-33(25-9-5-4-8-23(22)25)13-15-38-14-11-30-28(24)35/h1-10,12,18-19,24,26H,11,13-17H2,(H,30,35)(H,31,34)(H,36,37)/t24-,26+/m0/s1. The summed E-state index contributed by atoms with van der Waals surface area (Å²) in [6.07, 6.45) is 5.34. The molecule has 0 unspecified atom stereocenters. The fraction of sp³-hybridized carbons (Fsp3) is 0.276. The summed E-state index contributed by atoms with van der Waals surface area (Å²) in [7, 11) is 0. The van der Waals surface area contributed by atoms with Crippen molar-refractivity contribution in [3.05, 3.63) is 84.8 Å². The molecule has 0 radical (unpaired) electrons. The van der Waals surface area contributed by atoms with E-state index in [9.17, 15) is 19.5 Å². The molecule has 5 rings (SSSR count). The maximum absolute atomic E-state index is 13.1. The third-order valence-electron chi connectivity index (χ3n) is 6.81. The third-order valence-corrected chi connectivity index (χ3v) is 6.81. The Morgan fingerprint density at radius 3 is 2.63 bits per heavy atom. The Labute approximate surface area is 220 Å². The number of aromatic nitrogens is 2. The minimum Gasteiger partial charge on any atom is -0.480 e. The summed E-state index contributed by atoms with van der Waals surface area (Å²) in [5.74, 6) is -1.98. The summed E-state index contributed by atoms with van der Waals surface area (Å²) in [5, 5.41) is 16.5. The SMILES string of the molecule is O=C(C[C@H](C(=O)O)n1ccc(-c2ccccc2)c1)N[C@H]1Cc2cn(c3ccccc23)CCOCCNC1=O. The molecule has 0 spiro atoms. The molecule has 3 heterocycles. The number of hydrogen-bond donors (Lipinski definition) is 3. The van der Waals surface area contributed by atoms with E-state index in [1.165, 1.54) is 4.57 Å². The average Bonchev–Trinajstić information content (AvgIpc) is 3.54. The number of rotatable bonds is 6. The van der Waals surface area contributed by atoms with Crippen LogP contribution in [0, 0.1) is 0 Å². The molecule has 0 fully saturated rings. The second-order valence-electron chi connectivity index (χ2n) is 9.36. The van der Waals surface area contributed by atoms with Crippen molar-refractivity contribution in [2.24, 2.45) is 0 Å². The van der Waals surface area contributed by atoms with Crippen LogP contribution in [-0.4, -0.2) is 57.8 Å². The van der Waals surface area contributed by atoms with E-state index in [-0.39, 0.29) is 18.7 Å². The van der Waals surface area contributed by atoms with Gasteiger partial charge >= 0.3 is 5.97 Å². The van der Waals surface area contributed by atoms with Gasteiger partial charge in [-0.15, -0.1) is 0 Å². The van der Waals surface area contributed by atoms with Gasteiger partial charge in [-0.05, 0) is 28.8 Å². The van der Waals surface area contributed by atoms with Gasteiger partial charge in [0, 0.05) is 49.0 Å². The smallest absolute Gasteiger partial charge is 0.327 e. The summed E-state index contributed by atoms with van der Waals surface area (Å²) in [5.41, 5.74) is 3.76. The minimum absolute atomic E-state index is 0.283. The number of carboxylic acid groups (broad SMARTS) is 1.